The third-order valence-corrected chi connectivity index (χ3v) is 6.07. The van der Waals surface area contributed by atoms with Crippen LogP contribution < -0.4 is 5.32 Å². The molecule has 1 nitrogen and oxygen atoms in total. The lowest BCUT2D eigenvalue weighted by molar-refractivity contribution is 0.376. The van der Waals surface area contributed by atoms with Gasteiger partial charge in [-0.3, -0.25) is 0 Å². The summed E-state index contributed by atoms with van der Waals surface area (Å²) in [6, 6.07) is 15.2. The van der Waals surface area contributed by atoms with Crippen molar-refractivity contribution in [2.75, 3.05) is 0 Å². The molecule has 0 fully saturated rings. The van der Waals surface area contributed by atoms with Crippen molar-refractivity contribution in [2.24, 2.45) is 11.8 Å². The summed E-state index contributed by atoms with van der Waals surface area (Å²) in [5, 5.41) is 6.10. The van der Waals surface area contributed by atoms with Crippen LogP contribution in [0, 0.1) is 11.8 Å². The highest BCUT2D eigenvalue weighted by Crippen LogP contribution is 2.22. The van der Waals surface area contributed by atoms with Gasteiger partial charge in [-0.25, -0.2) is 0 Å². The zero-order valence-electron chi connectivity index (χ0n) is 20.0. The Morgan fingerprint density at radius 3 is 2.26 bits per heavy atom. The largest absolute Gasteiger partial charge is 0.356 e. The van der Waals surface area contributed by atoms with Crippen LogP contribution in [-0.4, -0.2) is 0 Å². The lowest BCUT2D eigenvalue weighted by atomic mass is 9.88. The number of benzene rings is 2. The molecule has 2 rings (SSSR count). The van der Waals surface area contributed by atoms with E-state index in [9.17, 15) is 0 Å². The van der Waals surface area contributed by atoms with E-state index in [0.717, 1.165) is 30.2 Å². The van der Waals surface area contributed by atoms with E-state index in [1.165, 1.54) is 28.3 Å². The highest BCUT2D eigenvalue weighted by Gasteiger charge is 2.10. The van der Waals surface area contributed by atoms with Gasteiger partial charge in [0.2, 0.25) is 0 Å². The van der Waals surface area contributed by atoms with Crippen molar-refractivity contribution in [3.63, 3.8) is 0 Å². The molecule has 0 aliphatic rings. The summed E-state index contributed by atoms with van der Waals surface area (Å²) < 4.78 is 0. The molecule has 0 radical (unpaired) electrons. The van der Waals surface area contributed by atoms with Gasteiger partial charge in [-0.15, -0.1) is 0 Å². The third-order valence-electron chi connectivity index (χ3n) is 6.07. The van der Waals surface area contributed by atoms with E-state index in [-0.39, 0.29) is 0 Å². The second-order valence-corrected chi connectivity index (χ2v) is 8.46. The fraction of sp³-hybridized carbons (Fsp3) is 0.333. The SMILES string of the molecule is C=C(/C=C\C(=C/C)NC(/C=C\Cc1ccc2ccccc2c1)=C/C)CC(C)C(C)CC. The number of allylic oxidation sites excluding steroid dienone is 7. The maximum Gasteiger partial charge on any atom is 0.0340 e. The molecular weight excluding hydrogens is 374 g/mol. The van der Waals surface area contributed by atoms with E-state index in [0.29, 0.717) is 5.92 Å². The highest BCUT2D eigenvalue weighted by atomic mass is 14.9. The van der Waals surface area contributed by atoms with Crippen molar-refractivity contribution < 1.29 is 0 Å². The predicted octanol–water partition coefficient (Wildman–Crippen LogP) is 8.52. The summed E-state index contributed by atoms with van der Waals surface area (Å²) >= 11 is 0. The molecular formula is C30H39N. The Labute approximate surface area is 190 Å². The van der Waals surface area contributed by atoms with Crippen molar-refractivity contribution in [1.29, 1.82) is 0 Å². The van der Waals surface area contributed by atoms with Gasteiger partial charge in [0, 0.05) is 11.4 Å². The minimum Gasteiger partial charge on any atom is -0.356 e. The molecule has 0 spiro atoms. The molecule has 1 heteroatoms. The number of fused-ring (bicyclic) bond motifs is 1. The lowest BCUT2D eigenvalue weighted by Crippen LogP contribution is -2.10. The van der Waals surface area contributed by atoms with Crippen LogP contribution in [0.2, 0.25) is 0 Å². The highest BCUT2D eigenvalue weighted by molar-refractivity contribution is 5.83. The summed E-state index contributed by atoms with van der Waals surface area (Å²) in [4.78, 5) is 0. The molecule has 2 atom stereocenters. The van der Waals surface area contributed by atoms with Gasteiger partial charge in [0.15, 0.2) is 0 Å². The summed E-state index contributed by atoms with van der Waals surface area (Å²) in [5.74, 6) is 1.39. The average molecular weight is 414 g/mol. The Balaban J connectivity index is 1.93. The van der Waals surface area contributed by atoms with Crippen molar-refractivity contribution >= 4 is 10.8 Å². The van der Waals surface area contributed by atoms with E-state index < -0.39 is 0 Å². The van der Waals surface area contributed by atoms with Gasteiger partial charge in [0.1, 0.15) is 0 Å². The molecule has 0 amide bonds. The van der Waals surface area contributed by atoms with Gasteiger partial charge in [0.25, 0.3) is 0 Å². The molecule has 2 aromatic carbocycles. The molecule has 31 heavy (non-hydrogen) atoms. The smallest absolute Gasteiger partial charge is 0.0340 e. The van der Waals surface area contributed by atoms with Gasteiger partial charge >= 0.3 is 0 Å². The molecule has 164 valence electrons. The first-order chi connectivity index (χ1) is 15.0. The Kier molecular flexibility index (Phi) is 10.1. The molecule has 2 unspecified atom stereocenters. The first kappa shape index (κ1) is 24.5. The topological polar surface area (TPSA) is 12.0 Å². The van der Waals surface area contributed by atoms with Gasteiger partial charge < -0.3 is 5.32 Å². The zero-order valence-corrected chi connectivity index (χ0v) is 20.0. The molecule has 0 heterocycles. The molecule has 0 aliphatic carbocycles. The maximum atomic E-state index is 4.25. The Bertz CT molecular complexity index is 971. The van der Waals surface area contributed by atoms with Crippen LogP contribution in [0.4, 0.5) is 0 Å². The average Bonchev–Trinajstić information content (AvgIpc) is 2.79. The molecule has 0 saturated heterocycles. The van der Waals surface area contributed by atoms with Crippen LogP contribution >= 0.6 is 0 Å². The van der Waals surface area contributed by atoms with E-state index in [4.69, 9.17) is 0 Å². The third kappa shape index (κ3) is 8.09. The molecule has 0 saturated carbocycles. The number of rotatable bonds is 11. The minimum atomic E-state index is 0.660. The molecule has 1 N–H and O–H groups in total. The zero-order chi connectivity index (χ0) is 22.6. The van der Waals surface area contributed by atoms with Crippen LogP contribution in [0.1, 0.15) is 53.0 Å². The van der Waals surface area contributed by atoms with Gasteiger partial charge in [-0.1, -0.05) is 106 Å². The fourth-order valence-corrected chi connectivity index (χ4v) is 3.57. The van der Waals surface area contributed by atoms with Crippen LogP contribution in [0.5, 0.6) is 0 Å². The summed E-state index contributed by atoms with van der Waals surface area (Å²) in [6.45, 7) is 15.3. The first-order valence-electron chi connectivity index (χ1n) is 11.6. The number of nitrogens with one attached hydrogen (secondary N) is 1. The van der Waals surface area contributed by atoms with Crippen LogP contribution in [0.15, 0.2) is 102 Å². The van der Waals surface area contributed by atoms with E-state index in [2.05, 4.69) is 125 Å². The second-order valence-electron chi connectivity index (χ2n) is 8.46. The lowest BCUT2D eigenvalue weighted by Gasteiger charge is -2.18. The standard InChI is InChI=1S/C30H39N/c1-7-24(5)25(6)21-23(4)17-20-30(9-3)31-29(8-2)16-12-13-26-18-19-27-14-10-11-15-28(27)22-26/h8-12,14-20,22,24-25,31H,4,7,13,21H2,1-3,5-6H3/b16-12-,20-17-,29-8+,30-9+. The van der Waals surface area contributed by atoms with Crippen molar-refractivity contribution in [3.05, 3.63) is 108 Å². The number of hydrogen-bond donors (Lipinski definition) is 1. The van der Waals surface area contributed by atoms with Crippen LogP contribution in [-0.2, 0) is 6.42 Å². The van der Waals surface area contributed by atoms with E-state index in [1.54, 1.807) is 0 Å². The quantitative estimate of drug-likeness (QED) is 0.364. The van der Waals surface area contributed by atoms with Gasteiger partial charge in [-0.2, -0.15) is 0 Å². The Hall–Kier alpha value is -2.80. The summed E-state index contributed by atoms with van der Waals surface area (Å²) in [7, 11) is 0. The molecule has 0 bridgehead atoms. The summed E-state index contributed by atoms with van der Waals surface area (Å²) in [6.07, 6.45) is 16.0. The Morgan fingerprint density at radius 2 is 1.58 bits per heavy atom. The number of hydrogen-bond acceptors (Lipinski definition) is 1. The van der Waals surface area contributed by atoms with Crippen LogP contribution in [0.3, 0.4) is 0 Å². The first-order valence-corrected chi connectivity index (χ1v) is 11.6. The van der Waals surface area contributed by atoms with Gasteiger partial charge in [-0.05, 0) is 67.0 Å². The van der Waals surface area contributed by atoms with Crippen molar-refractivity contribution in [1.82, 2.24) is 5.32 Å². The normalized spacial score (nSPS) is 15.0. The van der Waals surface area contributed by atoms with Crippen LogP contribution in [0.25, 0.3) is 10.8 Å². The second kappa shape index (κ2) is 12.8. The van der Waals surface area contributed by atoms with Gasteiger partial charge in [0.05, 0.1) is 0 Å². The van der Waals surface area contributed by atoms with Crippen molar-refractivity contribution in [3.8, 4) is 0 Å². The predicted molar refractivity (Wildman–Crippen MR) is 139 cm³/mol. The van der Waals surface area contributed by atoms with Crippen molar-refractivity contribution in [2.45, 2.75) is 53.9 Å². The monoisotopic (exact) mass is 413 g/mol. The minimum absolute atomic E-state index is 0.660. The van der Waals surface area contributed by atoms with E-state index in [1.807, 2.05) is 0 Å². The maximum absolute atomic E-state index is 4.25. The Morgan fingerprint density at radius 1 is 0.903 bits per heavy atom. The molecule has 0 aliphatic heterocycles. The molecule has 2 aromatic rings. The fourth-order valence-electron chi connectivity index (χ4n) is 3.57. The summed E-state index contributed by atoms with van der Waals surface area (Å²) in [5.41, 5.74) is 4.68. The molecule has 0 aromatic heterocycles. The van der Waals surface area contributed by atoms with E-state index >= 15 is 0 Å².